The molecule has 0 unspecified atom stereocenters. The van der Waals surface area contributed by atoms with Gasteiger partial charge in [0.05, 0.1) is 18.3 Å². The number of rotatable bonds is 7. The Bertz CT molecular complexity index is 1610. The lowest BCUT2D eigenvalue weighted by Gasteiger charge is -2.30. The molecule has 2 saturated carbocycles. The SMILES string of the molecule is Cn1ncc2cc(-c3ccc(CN(C(=O)[C@@H]4C[C@@H]5CC[C@H]4C5)c4cccc(C=CC(=O)O)c4)c(Cl)c3)ccc21. The van der Waals surface area contributed by atoms with Crippen LogP contribution in [0.3, 0.4) is 0 Å². The van der Waals surface area contributed by atoms with Gasteiger partial charge in [-0.15, -0.1) is 0 Å². The molecule has 2 bridgehead atoms. The number of carbonyl (C=O) groups excluding carboxylic acids is 1. The first-order valence-corrected chi connectivity index (χ1v) is 13.8. The molecule has 1 N–H and O–H groups in total. The quantitative estimate of drug-likeness (QED) is 0.257. The summed E-state index contributed by atoms with van der Waals surface area (Å²) in [6.45, 7) is 0.347. The van der Waals surface area contributed by atoms with Gasteiger partial charge in [-0.2, -0.15) is 5.10 Å². The molecular formula is C32H30ClN3O3. The fourth-order valence-corrected chi connectivity index (χ4v) is 6.62. The molecule has 3 aromatic carbocycles. The number of hydrogen-bond acceptors (Lipinski definition) is 3. The van der Waals surface area contributed by atoms with Crippen LogP contribution in [-0.2, 0) is 23.2 Å². The maximum atomic E-state index is 14.0. The predicted molar refractivity (Wildman–Crippen MR) is 154 cm³/mol. The second kappa shape index (κ2) is 10.3. The van der Waals surface area contributed by atoms with Crippen molar-refractivity contribution >= 4 is 46.1 Å². The first-order chi connectivity index (χ1) is 18.9. The summed E-state index contributed by atoms with van der Waals surface area (Å²) in [7, 11) is 1.93. The second-order valence-corrected chi connectivity index (χ2v) is 11.2. The summed E-state index contributed by atoms with van der Waals surface area (Å²) in [6.07, 6.45) is 8.94. The van der Waals surface area contributed by atoms with Gasteiger partial charge >= 0.3 is 5.97 Å². The molecule has 1 heterocycles. The number of carboxylic acids is 1. The third-order valence-electron chi connectivity index (χ3n) is 8.38. The van der Waals surface area contributed by atoms with Crippen LogP contribution in [0.15, 0.2) is 72.9 Å². The van der Waals surface area contributed by atoms with E-state index in [1.54, 1.807) is 6.08 Å². The highest BCUT2D eigenvalue weighted by Gasteiger charge is 2.44. The van der Waals surface area contributed by atoms with Crippen molar-refractivity contribution in [2.45, 2.75) is 32.2 Å². The number of carbonyl (C=O) groups is 2. The number of aliphatic carboxylic acids is 1. The molecule has 198 valence electrons. The van der Waals surface area contributed by atoms with Gasteiger partial charge in [-0.25, -0.2) is 4.79 Å². The lowest BCUT2D eigenvalue weighted by atomic mass is 9.87. The Hall–Kier alpha value is -3.90. The average Bonchev–Trinajstić information content (AvgIpc) is 3.67. The second-order valence-electron chi connectivity index (χ2n) is 10.8. The summed E-state index contributed by atoms with van der Waals surface area (Å²) in [4.78, 5) is 26.9. The molecule has 39 heavy (non-hydrogen) atoms. The van der Waals surface area contributed by atoms with Crippen LogP contribution < -0.4 is 4.90 Å². The molecule has 0 aliphatic heterocycles. The van der Waals surface area contributed by atoms with E-state index in [4.69, 9.17) is 16.7 Å². The van der Waals surface area contributed by atoms with Crippen LogP contribution in [0, 0.1) is 17.8 Å². The number of halogens is 1. The number of hydrogen-bond donors (Lipinski definition) is 1. The van der Waals surface area contributed by atoms with E-state index in [-0.39, 0.29) is 11.8 Å². The standard InChI is InChI=1S/C32H30ClN3O3/c1-35-30-11-10-22(16-26(30)18-34-35)23-8-9-25(29(33)17-23)19-36(32(39)28-15-21-5-7-24(28)13-21)27-4-2-3-20(14-27)6-12-31(37)38/h2-4,6,8-12,14,16-18,21,24,28H,5,7,13,15,19H2,1H3,(H,37,38)/t21-,24+,28-/m1/s1. The molecule has 0 saturated heterocycles. The number of aryl methyl sites for hydroxylation is 1. The Morgan fingerprint density at radius 2 is 1.90 bits per heavy atom. The van der Waals surface area contributed by atoms with Crippen LogP contribution in [0.4, 0.5) is 5.69 Å². The number of benzene rings is 3. The fourth-order valence-electron chi connectivity index (χ4n) is 6.38. The zero-order valence-corrected chi connectivity index (χ0v) is 22.5. The van der Waals surface area contributed by atoms with E-state index in [1.807, 2.05) is 65.3 Å². The number of nitrogens with zero attached hydrogens (tertiary/aromatic N) is 3. The molecule has 2 aliphatic rings. The molecule has 1 aromatic heterocycles. The van der Waals surface area contributed by atoms with Gasteiger partial charge in [0.2, 0.25) is 5.91 Å². The molecule has 7 heteroatoms. The Morgan fingerprint density at radius 1 is 1.08 bits per heavy atom. The van der Waals surface area contributed by atoms with E-state index < -0.39 is 5.97 Å². The van der Waals surface area contributed by atoms with Crippen molar-refractivity contribution in [2.75, 3.05) is 4.90 Å². The number of anilines is 1. The third kappa shape index (κ3) is 5.09. The van der Waals surface area contributed by atoms with Crippen LogP contribution in [0.5, 0.6) is 0 Å². The summed E-state index contributed by atoms with van der Waals surface area (Å²) in [5.74, 6) is 0.232. The molecule has 6 rings (SSSR count). The van der Waals surface area contributed by atoms with E-state index in [0.717, 1.165) is 64.2 Å². The van der Waals surface area contributed by atoms with Crippen molar-refractivity contribution in [2.24, 2.45) is 24.8 Å². The van der Waals surface area contributed by atoms with Gasteiger partial charge in [-0.05, 0) is 89.8 Å². The normalized spacial score (nSPS) is 20.2. The highest BCUT2D eigenvalue weighted by molar-refractivity contribution is 6.31. The topological polar surface area (TPSA) is 75.4 Å². The summed E-state index contributed by atoms with van der Waals surface area (Å²) in [6, 6.07) is 19.7. The van der Waals surface area contributed by atoms with Crippen molar-refractivity contribution < 1.29 is 14.7 Å². The fraction of sp³-hybridized carbons (Fsp3) is 0.281. The van der Waals surface area contributed by atoms with Crippen molar-refractivity contribution in [1.82, 2.24) is 9.78 Å². The zero-order chi connectivity index (χ0) is 27.1. The summed E-state index contributed by atoms with van der Waals surface area (Å²) in [5.41, 5.74) is 5.46. The van der Waals surface area contributed by atoms with Gasteiger partial charge < -0.3 is 10.0 Å². The molecular weight excluding hydrogens is 510 g/mol. The monoisotopic (exact) mass is 539 g/mol. The lowest BCUT2D eigenvalue weighted by molar-refractivity contribution is -0.131. The van der Waals surface area contributed by atoms with E-state index in [0.29, 0.717) is 23.4 Å². The van der Waals surface area contributed by atoms with Crippen LogP contribution in [0.25, 0.3) is 28.1 Å². The van der Waals surface area contributed by atoms with Crippen LogP contribution >= 0.6 is 11.6 Å². The van der Waals surface area contributed by atoms with Crippen molar-refractivity contribution in [1.29, 1.82) is 0 Å². The number of aromatic nitrogens is 2. The zero-order valence-electron chi connectivity index (χ0n) is 21.8. The number of amides is 1. The highest BCUT2D eigenvalue weighted by Crippen LogP contribution is 2.49. The molecule has 2 aliphatic carbocycles. The largest absolute Gasteiger partial charge is 0.478 e. The Balaban J connectivity index is 1.32. The maximum Gasteiger partial charge on any atom is 0.328 e. The molecule has 1 amide bonds. The minimum absolute atomic E-state index is 0.0197. The average molecular weight is 540 g/mol. The van der Waals surface area contributed by atoms with E-state index in [9.17, 15) is 9.59 Å². The van der Waals surface area contributed by atoms with Crippen molar-refractivity contribution in [3.05, 3.63) is 89.1 Å². The van der Waals surface area contributed by atoms with Gasteiger partial charge in [-0.3, -0.25) is 9.48 Å². The van der Waals surface area contributed by atoms with Gasteiger partial charge in [0, 0.05) is 35.1 Å². The smallest absolute Gasteiger partial charge is 0.328 e. The first-order valence-electron chi connectivity index (χ1n) is 13.4. The van der Waals surface area contributed by atoms with Crippen LogP contribution in [0.2, 0.25) is 5.02 Å². The molecule has 3 atom stereocenters. The summed E-state index contributed by atoms with van der Waals surface area (Å²) >= 11 is 6.85. The third-order valence-corrected chi connectivity index (χ3v) is 8.73. The number of fused-ring (bicyclic) bond motifs is 3. The molecule has 4 aromatic rings. The Labute approximate surface area is 232 Å². The number of carboxylic acid groups (broad SMARTS) is 1. The van der Waals surface area contributed by atoms with E-state index >= 15 is 0 Å². The lowest BCUT2D eigenvalue weighted by Crippen LogP contribution is -2.38. The van der Waals surface area contributed by atoms with Gasteiger partial charge in [-0.1, -0.05) is 48.4 Å². The van der Waals surface area contributed by atoms with Gasteiger partial charge in [0.25, 0.3) is 0 Å². The van der Waals surface area contributed by atoms with Crippen molar-refractivity contribution in [3.8, 4) is 11.1 Å². The maximum absolute atomic E-state index is 14.0. The molecule has 0 spiro atoms. The van der Waals surface area contributed by atoms with E-state index in [1.165, 1.54) is 6.42 Å². The Kier molecular flexibility index (Phi) is 6.73. The minimum atomic E-state index is -1.01. The van der Waals surface area contributed by atoms with E-state index in [2.05, 4.69) is 23.3 Å². The van der Waals surface area contributed by atoms with Crippen molar-refractivity contribution in [3.63, 3.8) is 0 Å². The molecule has 0 radical (unpaired) electrons. The molecule has 2 fully saturated rings. The first kappa shape index (κ1) is 25.4. The summed E-state index contributed by atoms with van der Waals surface area (Å²) < 4.78 is 1.85. The Morgan fingerprint density at radius 3 is 2.64 bits per heavy atom. The van der Waals surface area contributed by atoms with Crippen LogP contribution in [0.1, 0.15) is 36.8 Å². The van der Waals surface area contributed by atoms with Crippen LogP contribution in [-0.4, -0.2) is 26.8 Å². The highest BCUT2D eigenvalue weighted by atomic mass is 35.5. The van der Waals surface area contributed by atoms with Gasteiger partial charge in [0.15, 0.2) is 0 Å². The minimum Gasteiger partial charge on any atom is -0.478 e. The molecule has 6 nitrogen and oxygen atoms in total. The predicted octanol–water partition coefficient (Wildman–Crippen LogP) is 6.96. The van der Waals surface area contributed by atoms with Gasteiger partial charge in [0.1, 0.15) is 0 Å². The summed E-state index contributed by atoms with van der Waals surface area (Å²) in [5, 5.41) is 15.1.